The average molecular weight is 211 g/mol. The van der Waals surface area contributed by atoms with Gasteiger partial charge in [0, 0.05) is 38.6 Å². The number of morpholine rings is 1. The van der Waals surface area contributed by atoms with Crippen LogP contribution < -0.4 is 4.74 Å². The smallest absolute Gasteiger partial charge is 0.295 e. The van der Waals surface area contributed by atoms with E-state index in [0.717, 1.165) is 39.4 Å². The van der Waals surface area contributed by atoms with Crippen molar-refractivity contribution in [3.63, 3.8) is 0 Å². The second-order valence-corrected chi connectivity index (χ2v) is 3.56. The topological polar surface area (TPSA) is 39.5 Å². The molecule has 1 aromatic rings. The molecule has 1 aliphatic rings. The molecule has 0 amide bonds. The van der Waals surface area contributed by atoms with Gasteiger partial charge < -0.3 is 9.47 Å². The van der Waals surface area contributed by atoms with E-state index >= 15 is 0 Å². The van der Waals surface area contributed by atoms with Crippen LogP contribution in [0.5, 0.6) is 6.01 Å². The minimum Gasteiger partial charge on any atom is -0.468 e. The first-order valence-corrected chi connectivity index (χ1v) is 5.25. The van der Waals surface area contributed by atoms with Gasteiger partial charge in [-0.05, 0) is 0 Å². The van der Waals surface area contributed by atoms with Gasteiger partial charge in [0.15, 0.2) is 0 Å². The maximum absolute atomic E-state index is 5.30. The Labute approximate surface area is 89.6 Å². The second kappa shape index (κ2) is 5.14. The van der Waals surface area contributed by atoms with Gasteiger partial charge in [0.05, 0.1) is 20.3 Å². The molecule has 84 valence electrons. The highest BCUT2D eigenvalue weighted by atomic mass is 16.5. The van der Waals surface area contributed by atoms with E-state index in [0.29, 0.717) is 6.01 Å². The Bertz CT molecular complexity index is 295. The van der Waals surface area contributed by atoms with Crippen molar-refractivity contribution >= 4 is 0 Å². The summed E-state index contributed by atoms with van der Waals surface area (Å²) in [5.74, 6) is 0. The summed E-state index contributed by atoms with van der Waals surface area (Å²) < 4.78 is 12.5. The van der Waals surface area contributed by atoms with E-state index in [1.807, 2.05) is 10.8 Å². The Morgan fingerprint density at radius 3 is 2.93 bits per heavy atom. The highest BCUT2D eigenvalue weighted by Gasteiger charge is 2.10. The van der Waals surface area contributed by atoms with Crippen molar-refractivity contribution in [2.24, 2.45) is 0 Å². The molecule has 0 bridgehead atoms. The first-order chi connectivity index (χ1) is 7.40. The zero-order valence-corrected chi connectivity index (χ0v) is 9.06. The highest BCUT2D eigenvalue weighted by molar-refractivity contribution is 4.97. The summed E-state index contributed by atoms with van der Waals surface area (Å²) in [5, 5.41) is 0. The van der Waals surface area contributed by atoms with Gasteiger partial charge in [0.25, 0.3) is 6.01 Å². The van der Waals surface area contributed by atoms with Gasteiger partial charge in [-0.3, -0.25) is 9.47 Å². The molecule has 0 saturated carbocycles. The number of aromatic nitrogens is 2. The Morgan fingerprint density at radius 1 is 1.40 bits per heavy atom. The fourth-order valence-corrected chi connectivity index (χ4v) is 1.73. The lowest BCUT2D eigenvalue weighted by molar-refractivity contribution is 0.0361. The number of ether oxygens (including phenoxy) is 2. The molecule has 15 heavy (non-hydrogen) atoms. The van der Waals surface area contributed by atoms with Gasteiger partial charge in [0.2, 0.25) is 0 Å². The molecule has 1 saturated heterocycles. The van der Waals surface area contributed by atoms with Gasteiger partial charge in [-0.25, -0.2) is 4.98 Å². The lowest BCUT2D eigenvalue weighted by Gasteiger charge is -2.26. The van der Waals surface area contributed by atoms with Crippen LogP contribution >= 0.6 is 0 Å². The van der Waals surface area contributed by atoms with Crippen molar-refractivity contribution in [3.05, 3.63) is 12.4 Å². The van der Waals surface area contributed by atoms with E-state index in [2.05, 4.69) is 9.88 Å². The Balaban J connectivity index is 1.81. The standard InChI is InChI=1S/C10H17N3O2/c1-14-10-11-2-3-13(10)5-4-12-6-8-15-9-7-12/h2-3H,4-9H2,1H3. The largest absolute Gasteiger partial charge is 0.468 e. The third-order valence-corrected chi connectivity index (χ3v) is 2.62. The van der Waals surface area contributed by atoms with Gasteiger partial charge >= 0.3 is 0 Å². The zero-order valence-electron chi connectivity index (χ0n) is 9.06. The maximum atomic E-state index is 5.30. The molecule has 2 rings (SSSR count). The van der Waals surface area contributed by atoms with Crippen LogP contribution in [0.1, 0.15) is 0 Å². The predicted molar refractivity (Wildman–Crippen MR) is 56.0 cm³/mol. The minimum absolute atomic E-state index is 0.684. The number of rotatable bonds is 4. The molecule has 5 heteroatoms. The Morgan fingerprint density at radius 2 is 2.20 bits per heavy atom. The van der Waals surface area contributed by atoms with Gasteiger partial charge in [-0.1, -0.05) is 0 Å². The fraction of sp³-hybridized carbons (Fsp3) is 0.700. The average Bonchev–Trinajstić information content (AvgIpc) is 2.75. The van der Waals surface area contributed by atoms with Crippen molar-refractivity contribution in [1.29, 1.82) is 0 Å². The Kier molecular flexibility index (Phi) is 3.58. The molecule has 0 N–H and O–H groups in total. The van der Waals surface area contributed by atoms with Crippen LogP contribution in [0, 0.1) is 0 Å². The van der Waals surface area contributed by atoms with Crippen LogP contribution in [0.4, 0.5) is 0 Å². The lowest BCUT2D eigenvalue weighted by Crippen LogP contribution is -2.38. The summed E-state index contributed by atoms with van der Waals surface area (Å²) in [4.78, 5) is 6.49. The molecular weight excluding hydrogens is 194 g/mol. The van der Waals surface area contributed by atoms with Gasteiger partial charge in [0.1, 0.15) is 0 Å². The molecule has 0 aliphatic carbocycles. The van der Waals surface area contributed by atoms with Crippen LogP contribution in [-0.4, -0.2) is 54.4 Å². The summed E-state index contributed by atoms with van der Waals surface area (Å²) in [6.07, 6.45) is 3.71. The summed E-state index contributed by atoms with van der Waals surface area (Å²) in [5.41, 5.74) is 0. The van der Waals surface area contributed by atoms with Gasteiger partial charge in [-0.15, -0.1) is 0 Å². The maximum Gasteiger partial charge on any atom is 0.295 e. The number of imidazole rings is 1. The number of methoxy groups -OCH3 is 1. The van der Waals surface area contributed by atoms with Crippen molar-refractivity contribution in [2.75, 3.05) is 40.0 Å². The zero-order chi connectivity index (χ0) is 10.5. The third-order valence-electron chi connectivity index (χ3n) is 2.62. The predicted octanol–water partition coefficient (Wildman–Crippen LogP) is 0.224. The van der Waals surface area contributed by atoms with Crippen LogP contribution in [0.3, 0.4) is 0 Å². The number of hydrogen-bond donors (Lipinski definition) is 0. The second-order valence-electron chi connectivity index (χ2n) is 3.56. The normalized spacial score (nSPS) is 17.9. The van der Waals surface area contributed by atoms with Crippen molar-refractivity contribution in [2.45, 2.75) is 6.54 Å². The van der Waals surface area contributed by atoms with Gasteiger partial charge in [-0.2, -0.15) is 0 Å². The molecule has 2 heterocycles. The summed E-state index contributed by atoms with van der Waals surface area (Å²) in [7, 11) is 1.65. The van der Waals surface area contributed by atoms with E-state index in [1.165, 1.54) is 0 Å². The molecule has 1 aromatic heterocycles. The first kappa shape index (κ1) is 10.4. The molecule has 0 unspecified atom stereocenters. The van der Waals surface area contributed by atoms with E-state index in [1.54, 1.807) is 13.3 Å². The van der Waals surface area contributed by atoms with E-state index in [-0.39, 0.29) is 0 Å². The Hall–Kier alpha value is -1.07. The van der Waals surface area contributed by atoms with Crippen molar-refractivity contribution < 1.29 is 9.47 Å². The quantitative estimate of drug-likeness (QED) is 0.714. The van der Waals surface area contributed by atoms with Crippen LogP contribution in [0.25, 0.3) is 0 Å². The highest BCUT2D eigenvalue weighted by Crippen LogP contribution is 2.06. The van der Waals surface area contributed by atoms with E-state index in [4.69, 9.17) is 9.47 Å². The fourth-order valence-electron chi connectivity index (χ4n) is 1.73. The molecule has 0 atom stereocenters. The number of hydrogen-bond acceptors (Lipinski definition) is 4. The molecular formula is C10H17N3O2. The van der Waals surface area contributed by atoms with Crippen molar-refractivity contribution in [3.8, 4) is 6.01 Å². The van der Waals surface area contributed by atoms with E-state index in [9.17, 15) is 0 Å². The summed E-state index contributed by atoms with van der Waals surface area (Å²) >= 11 is 0. The minimum atomic E-state index is 0.684. The molecule has 5 nitrogen and oxygen atoms in total. The van der Waals surface area contributed by atoms with Crippen molar-refractivity contribution in [1.82, 2.24) is 14.5 Å². The molecule has 0 radical (unpaired) electrons. The van der Waals surface area contributed by atoms with Crippen LogP contribution in [-0.2, 0) is 11.3 Å². The molecule has 1 fully saturated rings. The molecule has 0 aromatic carbocycles. The molecule has 1 aliphatic heterocycles. The molecule has 0 spiro atoms. The SMILES string of the molecule is COc1nccn1CCN1CCOCC1. The first-order valence-electron chi connectivity index (χ1n) is 5.25. The van der Waals surface area contributed by atoms with Crippen LogP contribution in [0.15, 0.2) is 12.4 Å². The summed E-state index contributed by atoms with van der Waals surface area (Å²) in [6.45, 7) is 5.69. The number of nitrogens with zero attached hydrogens (tertiary/aromatic N) is 3. The summed E-state index contributed by atoms with van der Waals surface area (Å²) in [6, 6.07) is 0.684. The van der Waals surface area contributed by atoms with Crippen LogP contribution in [0.2, 0.25) is 0 Å². The lowest BCUT2D eigenvalue weighted by atomic mass is 10.4. The van der Waals surface area contributed by atoms with E-state index < -0.39 is 0 Å². The monoisotopic (exact) mass is 211 g/mol. The third kappa shape index (κ3) is 2.70.